The van der Waals surface area contributed by atoms with Crippen LogP contribution in [0.25, 0.3) is 10.9 Å². The molecule has 1 aliphatic carbocycles. The summed E-state index contributed by atoms with van der Waals surface area (Å²) < 4.78 is 44.5. The zero-order chi connectivity index (χ0) is 26.7. The second kappa shape index (κ2) is 11.5. The van der Waals surface area contributed by atoms with Crippen molar-refractivity contribution in [1.29, 1.82) is 0 Å². The molecule has 1 saturated heterocycles. The highest BCUT2D eigenvalue weighted by Crippen LogP contribution is 2.31. The van der Waals surface area contributed by atoms with Crippen molar-refractivity contribution in [1.82, 2.24) is 14.8 Å². The van der Waals surface area contributed by atoms with E-state index in [9.17, 15) is 27.6 Å². The van der Waals surface area contributed by atoms with E-state index < -0.39 is 37.0 Å². The van der Waals surface area contributed by atoms with Crippen LogP contribution in [-0.4, -0.2) is 68.9 Å². The third-order valence-corrected chi connectivity index (χ3v) is 7.88. The summed E-state index contributed by atoms with van der Waals surface area (Å²) in [4.78, 5) is 40.1. The molecule has 0 radical (unpaired) electrons. The lowest BCUT2D eigenvalue weighted by Crippen LogP contribution is -2.53. The largest absolute Gasteiger partial charge is 0.411 e. The first-order valence-corrected chi connectivity index (χ1v) is 13.6. The Hall–Kier alpha value is -2.55. The van der Waals surface area contributed by atoms with E-state index in [0.29, 0.717) is 59.5 Å². The Bertz CT molecular complexity index is 1160. The molecular formula is C24H29F3IN5O4. The van der Waals surface area contributed by atoms with Crippen LogP contribution >= 0.6 is 22.6 Å². The SMILES string of the molecule is NC(=O)n1cc(NC(=O)N2C(CI)CC[C@H]2C(=O)NC2CCCC(OCC(F)(F)F)C2)c2ccccc21. The smallest absolute Gasteiger partial charge is 0.369 e. The number of hydrogen-bond donors (Lipinski definition) is 3. The van der Waals surface area contributed by atoms with Gasteiger partial charge < -0.3 is 26.0 Å². The Kier molecular flexibility index (Phi) is 8.51. The molecule has 1 saturated carbocycles. The van der Waals surface area contributed by atoms with E-state index in [0.717, 1.165) is 0 Å². The predicted octanol–water partition coefficient (Wildman–Crippen LogP) is 4.37. The number of nitrogens with zero attached hydrogens (tertiary/aromatic N) is 2. The van der Waals surface area contributed by atoms with E-state index in [1.807, 2.05) is 0 Å². The molecule has 13 heteroatoms. The number of amides is 4. The number of likely N-dealkylation sites (tertiary alicyclic amines) is 1. The van der Waals surface area contributed by atoms with E-state index >= 15 is 0 Å². The number of anilines is 1. The molecule has 2 fully saturated rings. The van der Waals surface area contributed by atoms with E-state index in [-0.39, 0.29) is 18.0 Å². The lowest BCUT2D eigenvalue weighted by Gasteiger charge is -2.33. The summed E-state index contributed by atoms with van der Waals surface area (Å²) in [5, 5.41) is 6.41. The molecule has 9 nitrogen and oxygen atoms in total. The van der Waals surface area contributed by atoms with Crippen molar-refractivity contribution in [2.45, 2.75) is 68.9 Å². The van der Waals surface area contributed by atoms with Gasteiger partial charge in [0.2, 0.25) is 5.91 Å². The highest BCUT2D eigenvalue weighted by Gasteiger charge is 2.41. The molecule has 4 N–H and O–H groups in total. The fourth-order valence-electron chi connectivity index (χ4n) is 5.18. The number of nitrogens with two attached hydrogens (primary N) is 1. The predicted molar refractivity (Wildman–Crippen MR) is 140 cm³/mol. The highest BCUT2D eigenvalue weighted by atomic mass is 127. The Labute approximate surface area is 225 Å². The Balaban J connectivity index is 1.45. The van der Waals surface area contributed by atoms with Gasteiger partial charge in [0.1, 0.15) is 12.6 Å². The number of urea groups is 1. The van der Waals surface area contributed by atoms with Crippen LogP contribution in [-0.2, 0) is 9.53 Å². The molecule has 4 amide bonds. The molecule has 1 aliphatic heterocycles. The fourth-order valence-corrected chi connectivity index (χ4v) is 6.04. The minimum Gasteiger partial charge on any atom is -0.369 e. The third-order valence-electron chi connectivity index (χ3n) is 6.86. The summed E-state index contributed by atoms with van der Waals surface area (Å²) in [6, 6.07) is 4.63. The van der Waals surface area contributed by atoms with Gasteiger partial charge in [0.25, 0.3) is 0 Å². The summed E-state index contributed by atoms with van der Waals surface area (Å²) in [5.41, 5.74) is 6.42. The Morgan fingerprint density at radius 2 is 1.89 bits per heavy atom. The molecule has 37 heavy (non-hydrogen) atoms. The topological polar surface area (TPSA) is 119 Å². The number of hydrogen-bond acceptors (Lipinski definition) is 4. The molecule has 1 aromatic carbocycles. The molecule has 0 bridgehead atoms. The number of nitrogens with one attached hydrogen (secondary N) is 2. The number of halogens is 4. The highest BCUT2D eigenvalue weighted by molar-refractivity contribution is 14.1. The van der Waals surface area contributed by atoms with Crippen molar-refractivity contribution in [3.8, 4) is 0 Å². The number of ether oxygens (including phenoxy) is 1. The number of fused-ring (bicyclic) bond motifs is 1. The quantitative estimate of drug-likeness (QED) is 0.323. The maximum atomic E-state index is 13.4. The second-order valence-electron chi connectivity index (χ2n) is 9.43. The third kappa shape index (κ3) is 6.48. The monoisotopic (exact) mass is 635 g/mol. The minimum atomic E-state index is -4.40. The molecule has 2 aromatic rings. The van der Waals surface area contributed by atoms with Gasteiger partial charge in [-0.1, -0.05) is 40.8 Å². The van der Waals surface area contributed by atoms with Gasteiger partial charge in [0, 0.05) is 28.1 Å². The zero-order valence-corrected chi connectivity index (χ0v) is 22.1. The van der Waals surface area contributed by atoms with E-state index in [1.54, 1.807) is 24.3 Å². The normalized spacial score (nSPS) is 24.3. The van der Waals surface area contributed by atoms with Gasteiger partial charge in [-0.25, -0.2) is 9.59 Å². The summed E-state index contributed by atoms with van der Waals surface area (Å²) in [6.07, 6.45) is -0.324. The minimum absolute atomic E-state index is 0.171. The van der Waals surface area contributed by atoms with Crippen molar-refractivity contribution in [3.63, 3.8) is 0 Å². The lowest BCUT2D eigenvalue weighted by molar-refractivity contribution is -0.188. The average molecular weight is 635 g/mol. The molecular weight excluding hydrogens is 606 g/mol. The maximum Gasteiger partial charge on any atom is 0.411 e. The Morgan fingerprint density at radius 3 is 2.59 bits per heavy atom. The van der Waals surface area contributed by atoms with Crippen LogP contribution in [0.4, 0.5) is 28.4 Å². The maximum absolute atomic E-state index is 13.4. The Morgan fingerprint density at radius 1 is 1.14 bits per heavy atom. The first-order valence-electron chi connectivity index (χ1n) is 12.1. The summed E-state index contributed by atoms with van der Waals surface area (Å²) in [5.74, 6) is -0.330. The standard InChI is InChI=1S/C24H29F3IN5O4/c25-24(26,27)13-37-16-5-3-4-14(10-16)30-21(34)20-9-8-15(11-28)33(20)23(36)31-18-12-32(22(29)35)19-7-2-1-6-17(18)19/h1-2,6-7,12,14-16,20H,3-5,8-11,13H2,(H2,29,35)(H,30,34)(H,31,36)/t14?,15?,16?,20-/m0/s1. The number of benzene rings is 1. The first kappa shape index (κ1) is 27.5. The average Bonchev–Trinajstić information content (AvgIpc) is 3.45. The van der Waals surface area contributed by atoms with Gasteiger partial charge in [0.05, 0.1) is 17.3 Å². The van der Waals surface area contributed by atoms with Crippen molar-refractivity contribution in [2.75, 3.05) is 16.4 Å². The van der Waals surface area contributed by atoms with E-state index in [1.165, 1.54) is 15.7 Å². The summed E-state index contributed by atoms with van der Waals surface area (Å²) >= 11 is 2.18. The van der Waals surface area contributed by atoms with Crippen LogP contribution in [0.5, 0.6) is 0 Å². The van der Waals surface area contributed by atoms with Gasteiger partial charge in [-0.3, -0.25) is 9.36 Å². The van der Waals surface area contributed by atoms with Crippen LogP contribution in [0.1, 0.15) is 38.5 Å². The number of aromatic nitrogens is 1. The van der Waals surface area contributed by atoms with Crippen molar-refractivity contribution in [3.05, 3.63) is 30.5 Å². The molecule has 1 aromatic heterocycles. The van der Waals surface area contributed by atoms with Crippen LogP contribution in [0.15, 0.2) is 30.5 Å². The van der Waals surface area contributed by atoms with Crippen LogP contribution < -0.4 is 16.4 Å². The number of rotatable bonds is 6. The molecule has 202 valence electrons. The second-order valence-corrected chi connectivity index (χ2v) is 10.3. The van der Waals surface area contributed by atoms with Gasteiger partial charge in [-0.2, -0.15) is 13.2 Å². The molecule has 4 atom stereocenters. The molecule has 0 spiro atoms. The van der Waals surface area contributed by atoms with Gasteiger partial charge in [-0.15, -0.1) is 0 Å². The van der Waals surface area contributed by atoms with Gasteiger partial charge >= 0.3 is 18.2 Å². The van der Waals surface area contributed by atoms with Crippen LogP contribution in [0, 0.1) is 0 Å². The number of para-hydroxylation sites is 1. The zero-order valence-electron chi connectivity index (χ0n) is 20.0. The molecule has 4 rings (SSSR count). The van der Waals surface area contributed by atoms with Crippen LogP contribution in [0.3, 0.4) is 0 Å². The molecule has 2 aliphatic rings. The van der Waals surface area contributed by atoms with Crippen molar-refractivity contribution in [2.24, 2.45) is 5.73 Å². The van der Waals surface area contributed by atoms with Crippen molar-refractivity contribution >= 4 is 57.2 Å². The number of primary amides is 1. The van der Waals surface area contributed by atoms with Gasteiger partial charge in [0.15, 0.2) is 0 Å². The number of carbonyl (C=O) groups excluding carboxylic acids is 3. The molecule has 3 unspecified atom stereocenters. The van der Waals surface area contributed by atoms with E-state index in [4.69, 9.17) is 10.5 Å². The summed E-state index contributed by atoms with van der Waals surface area (Å²) in [6.45, 7) is -1.31. The lowest BCUT2D eigenvalue weighted by atomic mass is 9.92. The van der Waals surface area contributed by atoms with Gasteiger partial charge in [-0.05, 0) is 44.6 Å². The fraction of sp³-hybridized carbons (Fsp3) is 0.542. The number of alkyl halides is 4. The molecule has 2 heterocycles. The van der Waals surface area contributed by atoms with Crippen LogP contribution in [0.2, 0.25) is 0 Å². The first-order chi connectivity index (χ1) is 17.6. The number of carbonyl (C=O) groups is 3. The van der Waals surface area contributed by atoms with Crippen molar-refractivity contribution < 1.29 is 32.3 Å². The summed E-state index contributed by atoms with van der Waals surface area (Å²) in [7, 11) is 0. The van der Waals surface area contributed by atoms with E-state index in [2.05, 4.69) is 33.2 Å².